The predicted molar refractivity (Wildman–Crippen MR) is 76.8 cm³/mol. The monoisotopic (exact) mass is 287 g/mol. The molecule has 0 saturated carbocycles. The first-order chi connectivity index (χ1) is 9.90. The number of nitrogens with zero attached hydrogens (tertiary/aromatic N) is 3. The quantitative estimate of drug-likeness (QED) is 0.788. The van der Waals surface area contributed by atoms with E-state index in [4.69, 9.17) is 5.11 Å². The van der Waals surface area contributed by atoms with Crippen LogP contribution in [0.15, 0.2) is 24.3 Å². The van der Waals surface area contributed by atoms with Crippen molar-refractivity contribution in [3.05, 3.63) is 41.5 Å². The molecule has 2 aromatic heterocycles. The molecule has 0 aliphatic carbocycles. The molecule has 21 heavy (non-hydrogen) atoms. The van der Waals surface area contributed by atoms with Crippen molar-refractivity contribution in [1.82, 2.24) is 14.3 Å². The Kier molecular flexibility index (Phi) is 2.83. The molecule has 0 aliphatic heterocycles. The Balaban J connectivity index is 2.34. The van der Waals surface area contributed by atoms with Gasteiger partial charge in [-0.3, -0.25) is 4.68 Å². The predicted octanol–water partition coefficient (Wildman–Crippen LogP) is 2.72. The molecular formula is C15H14FN3O2. The van der Waals surface area contributed by atoms with Crippen molar-refractivity contribution >= 4 is 16.9 Å². The molecule has 6 heteroatoms. The molecule has 3 rings (SSSR count). The summed E-state index contributed by atoms with van der Waals surface area (Å²) >= 11 is 0. The van der Waals surface area contributed by atoms with Crippen LogP contribution in [0, 0.1) is 12.7 Å². The summed E-state index contributed by atoms with van der Waals surface area (Å²) < 4.78 is 16.8. The molecule has 1 N–H and O–H groups in total. The number of benzene rings is 1. The Morgan fingerprint density at radius 1 is 1.29 bits per heavy atom. The number of halogens is 1. The van der Waals surface area contributed by atoms with Crippen LogP contribution in [0.1, 0.15) is 16.2 Å². The molecule has 0 fully saturated rings. The third-order valence-corrected chi connectivity index (χ3v) is 3.81. The number of aryl methyl sites for hydroxylation is 2. The maximum atomic E-state index is 13.6. The second-order valence-corrected chi connectivity index (χ2v) is 5.02. The summed E-state index contributed by atoms with van der Waals surface area (Å²) in [7, 11) is 3.47. The van der Waals surface area contributed by atoms with Gasteiger partial charge in [0.2, 0.25) is 0 Å². The van der Waals surface area contributed by atoms with Crippen LogP contribution < -0.4 is 0 Å². The highest BCUT2D eigenvalue weighted by atomic mass is 19.1. The zero-order chi connectivity index (χ0) is 15.3. The van der Waals surface area contributed by atoms with Crippen molar-refractivity contribution in [3.8, 4) is 11.3 Å². The Morgan fingerprint density at radius 2 is 2.00 bits per heavy atom. The smallest absolute Gasteiger partial charge is 0.354 e. The van der Waals surface area contributed by atoms with Crippen molar-refractivity contribution in [3.63, 3.8) is 0 Å². The summed E-state index contributed by atoms with van der Waals surface area (Å²) in [5.74, 6) is -1.37. The van der Waals surface area contributed by atoms with Gasteiger partial charge < -0.3 is 9.67 Å². The first kappa shape index (κ1) is 13.4. The van der Waals surface area contributed by atoms with Crippen LogP contribution in [0.5, 0.6) is 0 Å². The van der Waals surface area contributed by atoms with E-state index in [0.29, 0.717) is 5.69 Å². The van der Waals surface area contributed by atoms with Crippen molar-refractivity contribution in [1.29, 1.82) is 0 Å². The van der Waals surface area contributed by atoms with Crippen LogP contribution in [0.25, 0.3) is 22.2 Å². The summed E-state index contributed by atoms with van der Waals surface area (Å²) in [6.45, 7) is 1.91. The molecule has 0 atom stereocenters. The molecule has 1 aromatic carbocycles. The summed E-state index contributed by atoms with van der Waals surface area (Å²) in [4.78, 5) is 11.1. The first-order valence-corrected chi connectivity index (χ1v) is 6.42. The van der Waals surface area contributed by atoms with E-state index in [0.717, 1.165) is 22.2 Å². The number of carbonyl (C=O) groups is 1. The van der Waals surface area contributed by atoms with E-state index in [-0.39, 0.29) is 11.5 Å². The van der Waals surface area contributed by atoms with Crippen LogP contribution in [0.2, 0.25) is 0 Å². The molecule has 108 valence electrons. The number of carboxylic acid groups (broad SMARTS) is 1. The third kappa shape index (κ3) is 1.91. The molecule has 0 radical (unpaired) electrons. The SMILES string of the molecule is Cc1c(-c2cc(C(=O)O)n(C)n2)c2cc(F)ccc2n1C. The molecular weight excluding hydrogens is 273 g/mol. The zero-order valence-electron chi connectivity index (χ0n) is 11.9. The van der Waals surface area contributed by atoms with E-state index in [1.54, 1.807) is 13.1 Å². The van der Waals surface area contributed by atoms with Gasteiger partial charge in [-0.25, -0.2) is 9.18 Å². The molecule has 0 saturated heterocycles. The van der Waals surface area contributed by atoms with Crippen LogP contribution in [0.3, 0.4) is 0 Å². The number of fused-ring (bicyclic) bond motifs is 1. The maximum absolute atomic E-state index is 13.6. The van der Waals surface area contributed by atoms with E-state index < -0.39 is 5.97 Å². The average Bonchev–Trinajstić information content (AvgIpc) is 2.90. The van der Waals surface area contributed by atoms with Crippen molar-refractivity contribution in [2.24, 2.45) is 14.1 Å². The molecule has 0 spiro atoms. The highest BCUT2D eigenvalue weighted by Gasteiger charge is 2.19. The number of rotatable bonds is 2. The minimum atomic E-state index is -1.04. The third-order valence-electron chi connectivity index (χ3n) is 3.81. The lowest BCUT2D eigenvalue weighted by Gasteiger charge is -1.98. The summed E-state index contributed by atoms with van der Waals surface area (Å²) in [6.07, 6.45) is 0. The van der Waals surface area contributed by atoms with Crippen LogP contribution >= 0.6 is 0 Å². The molecule has 0 aliphatic rings. The lowest BCUT2D eigenvalue weighted by molar-refractivity contribution is 0.0685. The lowest BCUT2D eigenvalue weighted by atomic mass is 10.1. The minimum Gasteiger partial charge on any atom is -0.477 e. The largest absolute Gasteiger partial charge is 0.477 e. The summed E-state index contributed by atoms with van der Waals surface area (Å²) in [5.41, 5.74) is 3.17. The highest BCUT2D eigenvalue weighted by Crippen LogP contribution is 2.33. The second kappa shape index (κ2) is 4.44. The topological polar surface area (TPSA) is 60.0 Å². The van der Waals surface area contributed by atoms with Gasteiger partial charge in [0.1, 0.15) is 11.5 Å². The van der Waals surface area contributed by atoms with Crippen molar-refractivity contribution < 1.29 is 14.3 Å². The molecule has 5 nitrogen and oxygen atoms in total. The van der Waals surface area contributed by atoms with Crippen LogP contribution in [0.4, 0.5) is 4.39 Å². The fraction of sp³-hybridized carbons (Fsp3) is 0.200. The highest BCUT2D eigenvalue weighted by molar-refractivity contribution is 5.98. The van der Waals surface area contributed by atoms with Gasteiger partial charge in [-0.05, 0) is 31.2 Å². The fourth-order valence-corrected chi connectivity index (χ4v) is 2.66. The number of hydrogen-bond donors (Lipinski definition) is 1. The standard InChI is InChI=1S/C15H14FN3O2/c1-8-14(11-7-13(15(20)21)19(3)17-11)10-6-9(16)4-5-12(10)18(8)2/h4-7H,1-3H3,(H,20,21). The second-order valence-electron chi connectivity index (χ2n) is 5.02. The van der Waals surface area contributed by atoms with Gasteiger partial charge in [-0.1, -0.05) is 0 Å². The van der Waals surface area contributed by atoms with E-state index in [2.05, 4.69) is 5.10 Å². The minimum absolute atomic E-state index is 0.0952. The number of hydrogen-bond acceptors (Lipinski definition) is 2. The maximum Gasteiger partial charge on any atom is 0.354 e. The molecule has 0 amide bonds. The Morgan fingerprint density at radius 3 is 2.62 bits per heavy atom. The van der Waals surface area contributed by atoms with Gasteiger partial charge in [0.05, 0.1) is 5.69 Å². The molecule has 0 bridgehead atoms. The Bertz CT molecular complexity index is 877. The Labute approximate surface area is 120 Å². The van der Waals surface area contributed by atoms with E-state index in [1.807, 2.05) is 18.5 Å². The number of aromatic carboxylic acids is 1. The molecule has 0 unspecified atom stereocenters. The average molecular weight is 287 g/mol. The normalized spacial score (nSPS) is 11.2. The molecule has 3 aromatic rings. The summed E-state index contributed by atoms with van der Waals surface area (Å²) in [6, 6.07) is 6.08. The van der Waals surface area contributed by atoms with Gasteiger partial charge in [0.15, 0.2) is 0 Å². The van der Waals surface area contributed by atoms with Gasteiger partial charge in [0.25, 0.3) is 0 Å². The van der Waals surface area contributed by atoms with E-state index >= 15 is 0 Å². The summed E-state index contributed by atoms with van der Waals surface area (Å²) in [5, 5.41) is 14.1. The van der Waals surface area contributed by atoms with Crippen molar-refractivity contribution in [2.75, 3.05) is 0 Å². The lowest BCUT2D eigenvalue weighted by Crippen LogP contribution is -2.04. The van der Waals surface area contributed by atoms with Gasteiger partial charge in [-0.2, -0.15) is 5.10 Å². The van der Waals surface area contributed by atoms with Crippen LogP contribution in [-0.2, 0) is 14.1 Å². The first-order valence-electron chi connectivity index (χ1n) is 6.42. The van der Waals surface area contributed by atoms with Gasteiger partial charge in [0, 0.05) is 36.3 Å². The van der Waals surface area contributed by atoms with Crippen molar-refractivity contribution in [2.45, 2.75) is 6.92 Å². The number of carboxylic acids is 1. The fourth-order valence-electron chi connectivity index (χ4n) is 2.66. The Hall–Kier alpha value is -2.63. The van der Waals surface area contributed by atoms with E-state index in [9.17, 15) is 9.18 Å². The van der Waals surface area contributed by atoms with Gasteiger partial charge >= 0.3 is 5.97 Å². The van der Waals surface area contributed by atoms with Gasteiger partial charge in [-0.15, -0.1) is 0 Å². The van der Waals surface area contributed by atoms with Crippen LogP contribution in [-0.4, -0.2) is 25.4 Å². The number of aromatic nitrogens is 3. The molecule has 2 heterocycles. The van der Waals surface area contributed by atoms with E-state index in [1.165, 1.54) is 22.9 Å². The zero-order valence-corrected chi connectivity index (χ0v) is 11.9.